The molecule has 0 atom stereocenters. The van der Waals surface area contributed by atoms with Crippen LogP contribution in [0.2, 0.25) is 0 Å². The fourth-order valence-electron chi connectivity index (χ4n) is 2.69. The molecule has 0 aromatic heterocycles. The van der Waals surface area contributed by atoms with E-state index in [1.165, 1.54) is 37.1 Å². The molecule has 0 unspecified atom stereocenters. The Hall–Kier alpha value is -1.13. The molecule has 2 N–H and O–H groups in total. The third kappa shape index (κ3) is 4.18. The Morgan fingerprint density at radius 2 is 2.00 bits per heavy atom. The first-order chi connectivity index (χ1) is 9.58. The fourth-order valence-corrected chi connectivity index (χ4v) is 2.97. The number of hydrogen-bond donors (Lipinski definition) is 2. The Bertz CT molecular complexity index is 465. The van der Waals surface area contributed by atoms with Gasteiger partial charge in [0.15, 0.2) is 5.11 Å². The molecule has 0 saturated carbocycles. The van der Waals surface area contributed by atoms with Crippen LogP contribution in [-0.2, 0) is 0 Å². The Labute approximate surface area is 127 Å². The molecule has 1 aromatic carbocycles. The van der Waals surface area contributed by atoms with Crippen molar-refractivity contribution in [3.8, 4) is 0 Å². The highest BCUT2D eigenvalue weighted by Crippen LogP contribution is 2.16. The van der Waals surface area contributed by atoms with E-state index < -0.39 is 0 Å². The van der Waals surface area contributed by atoms with Crippen molar-refractivity contribution in [2.75, 3.05) is 25.0 Å². The highest BCUT2D eigenvalue weighted by molar-refractivity contribution is 7.80. The van der Waals surface area contributed by atoms with E-state index in [1.54, 1.807) is 0 Å². The zero-order chi connectivity index (χ0) is 14.5. The second-order valence-electron chi connectivity index (χ2n) is 5.63. The third-order valence-electron chi connectivity index (χ3n) is 4.00. The van der Waals surface area contributed by atoms with E-state index in [9.17, 15) is 0 Å². The van der Waals surface area contributed by atoms with E-state index in [1.807, 2.05) is 0 Å². The Morgan fingerprint density at radius 3 is 2.60 bits per heavy atom. The zero-order valence-corrected chi connectivity index (χ0v) is 13.5. The van der Waals surface area contributed by atoms with Crippen molar-refractivity contribution in [2.24, 2.45) is 0 Å². The van der Waals surface area contributed by atoms with Gasteiger partial charge < -0.3 is 15.5 Å². The maximum absolute atomic E-state index is 5.43. The van der Waals surface area contributed by atoms with Gasteiger partial charge in [-0.1, -0.05) is 24.6 Å². The molecule has 1 aliphatic heterocycles. The molecule has 2 rings (SSSR count). The van der Waals surface area contributed by atoms with Crippen molar-refractivity contribution in [2.45, 2.75) is 39.7 Å². The quantitative estimate of drug-likeness (QED) is 0.837. The Kier molecular flexibility index (Phi) is 5.38. The standard InChI is InChI=1S/C16H25N3S/c1-4-19-9-7-14(8-10-19)17-16(20)18-15-6-5-12(2)11-13(15)3/h5-6,11,14H,4,7-10H2,1-3H3,(H2,17,18,20). The smallest absolute Gasteiger partial charge is 0.171 e. The second kappa shape index (κ2) is 7.04. The molecule has 3 nitrogen and oxygen atoms in total. The molecule has 1 aliphatic rings. The molecule has 0 spiro atoms. The second-order valence-corrected chi connectivity index (χ2v) is 6.03. The van der Waals surface area contributed by atoms with Gasteiger partial charge in [-0.2, -0.15) is 0 Å². The van der Waals surface area contributed by atoms with E-state index >= 15 is 0 Å². The molecule has 0 radical (unpaired) electrons. The van der Waals surface area contributed by atoms with Gasteiger partial charge in [0.05, 0.1) is 0 Å². The molecule has 0 amide bonds. The van der Waals surface area contributed by atoms with Gasteiger partial charge in [-0.05, 0) is 57.1 Å². The predicted molar refractivity (Wildman–Crippen MR) is 90.4 cm³/mol. The minimum absolute atomic E-state index is 0.503. The number of benzene rings is 1. The molecule has 1 heterocycles. The minimum Gasteiger partial charge on any atom is -0.360 e. The van der Waals surface area contributed by atoms with Crippen LogP contribution in [0.1, 0.15) is 30.9 Å². The fraction of sp³-hybridized carbons (Fsp3) is 0.562. The van der Waals surface area contributed by atoms with Crippen LogP contribution in [0.15, 0.2) is 18.2 Å². The van der Waals surface area contributed by atoms with Crippen LogP contribution >= 0.6 is 12.2 Å². The van der Waals surface area contributed by atoms with Crippen molar-refractivity contribution < 1.29 is 0 Å². The van der Waals surface area contributed by atoms with E-state index in [2.05, 4.69) is 54.5 Å². The predicted octanol–water partition coefficient (Wildman–Crippen LogP) is 3.07. The molecular weight excluding hydrogens is 266 g/mol. The number of aryl methyl sites for hydroxylation is 2. The molecule has 20 heavy (non-hydrogen) atoms. The lowest BCUT2D eigenvalue weighted by atomic mass is 10.1. The topological polar surface area (TPSA) is 27.3 Å². The summed E-state index contributed by atoms with van der Waals surface area (Å²) in [6, 6.07) is 6.88. The van der Waals surface area contributed by atoms with Crippen molar-refractivity contribution >= 4 is 23.0 Å². The maximum Gasteiger partial charge on any atom is 0.171 e. The summed E-state index contributed by atoms with van der Waals surface area (Å²) in [5.74, 6) is 0. The summed E-state index contributed by atoms with van der Waals surface area (Å²) in [7, 11) is 0. The summed E-state index contributed by atoms with van der Waals surface area (Å²) in [5, 5.41) is 7.51. The molecule has 110 valence electrons. The molecule has 0 bridgehead atoms. The van der Waals surface area contributed by atoms with Crippen LogP contribution in [0.3, 0.4) is 0 Å². The number of nitrogens with one attached hydrogen (secondary N) is 2. The lowest BCUT2D eigenvalue weighted by Gasteiger charge is -2.32. The normalized spacial score (nSPS) is 16.9. The average molecular weight is 291 g/mol. The van der Waals surface area contributed by atoms with Gasteiger partial charge in [-0.25, -0.2) is 0 Å². The SMILES string of the molecule is CCN1CCC(NC(=S)Nc2ccc(C)cc2C)CC1. The first-order valence-electron chi connectivity index (χ1n) is 7.45. The number of piperidine rings is 1. The average Bonchev–Trinajstić information content (AvgIpc) is 2.43. The van der Waals surface area contributed by atoms with Gasteiger partial charge in [-0.3, -0.25) is 0 Å². The number of rotatable bonds is 3. The number of thiocarbonyl (C=S) groups is 1. The monoisotopic (exact) mass is 291 g/mol. The summed E-state index contributed by atoms with van der Waals surface area (Å²) in [6.45, 7) is 9.92. The lowest BCUT2D eigenvalue weighted by Crippen LogP contribution is -2.45. The zero-order valence-electron chi connectivity index (χ0n) is 12.7. The van der Waals surface area contributed by atoms with E-state index in [0.717, 1.165) is 17.3 Å². The largest absolute Gasteiger partial charge is 0.360 e. The summed E-state index contributed by atoms with van der Waals surface area (Å²) in [4.78, 5) is 2.48. The van der Waals surface area contributed by atoms with Gasteiger partial charge in [0, 0.05) is 24.8 Å². The lowest BCUT2D eigenvalue weighted by molar-refractivity contribution is 0.216. The summed E-state index contributed by atoms with van der Waals surface area (Å²) in [6.07, 6.45) is 2.34. The number of hydrogen-bond acceptors (Lipinski definition) is 2. The first kappa shape index (κ1) is 15.3. The highest BCUT2D eigenvalue weighted by atomic mass is 32.1. The molecule has 1 fully saturated rings. The summed E-state index contributed by atoms with van der Waals surface area (Å²) < 4.78 is 0. The molecular formula is C16H25N3S. The molecule has 1 saturated heterocycles. The summed E-state index contributed by atoms with van der Waals surface area (Å²) >= 11 is 5.43. The number of anilines is 1. The van der Waals surface area contributed by atoms with E-state index in [-0.39, 0.29) is 0 Å². The van der Waals surface area contributed by atoms with Crippen LogP contribution in [0.25, 0.3) is 0 Å². The van der Waals surface area contributed by atoms with Gasteiger partial charge in [-0.15, -0.1) is 0 Å². The van der Waals surface area contributed by atoms with Crippen LogP contribution in [0.4, 0.5) is 5.69 Å². The molecule has 1 aromatic rings. The van der Waals surface area contributed by atoms with Crippen LogP contribution in [0.5, 0.6) is 0 Å². The summed E-state index contributed by atoms with van der Waals surface area (Å²) in [5.41, 5.74) is 3.60. The minimum atomic E-state index is 0.503. The number of nitrogens with zero attached hydrogens (tertiary/aromatic N) is 1. The van der Waals surface area contributed by atoms with Crippen molar-refractivity contribution in [3.63, 3.8) is 0 Å². The Balaban J connectivity index is 1.84. The van der Waals surface area contributed by atoms with Crippen LogP contribution in [0, 0.1) is 13.8 Å². The first-order valence-corrected chi connectivity index (χ1v) is 7.86. The van der Waals surface area contributed by atoms with Gasteiger partial charge >= 0.3 is 0 Å². The molecule has 0 aliphatic carbocycles. The maximum atomic E-state index is 5.43. The Morgan fingerprint density at radius 1 is 1.30 bits per heavy atom. The van der Waals surface area contributed by atoms with Crippen molar-refractivity contribution in [3.05, 3.63) is 29.3 Å². The highest BCUT2D eigenvalue weighted by Gasteiger charge is 2.18. The van der Waals surface area contributed by atoms with Crippen LogP contribution in [-0.4, -0.2) is 35.7 Å². The van der Waals surface area contributed by atoms with Crippen LogP contribution < -0.4 is 10.6 Å². The number of likely N-dealkylation sites (tertiary alicyclic amines) is 1. The van der Waals surface area contributed by atoms with Gasteiger partial charge in [0.25, 0.3) is 0 Å². The van der Waals surface area contributed by atoms with Gasteiger partial charge in [0.2, 0.25) is 0 Å². The van der Waals surface area contributed by atoms with Crippen molar-refractivity contribution in [1.82, 2.24) is 10.2 Å². The third-order valence-corrected chi connectivity index (χ3v) is 4.22. The van der Waals surface area contributed by atoms with E-state index in [4.69, 9.17) is 12.2 Å². The molecule has 4 heteroatoms. The van der Waals surface area contributed by atoms with Crippen molar-refractivity contribution in [1.29, 1.82) is 0 Å². The van der Waals surface area contributed by atoms with Gasteiger partial charge in [0.1, 0.15) is 0 Å². The van der Waals surface area contributed by atoms with E-state index in [0.29, 0.717) is 6.04 Å².